The van der Waals surface area contributed by atoms with Crippen molar-refractivity contribution in [2.75, 3.05) is 12.3 Å². The first kappa shape index (κ1) is 23.0. The first-order valence-corrected chi connectivity index (χ1v) is 10.7. The zero-order chi connectivity index (χ0) is 24.2. The molecule has 3 N–H and O–H groups in total. The van der Waals surface area contributed by atoms with E-state index in [0.717, 1.165) is 25.8 Å². The number of nitro benzene ring substituents is 1. The summed E-state index contributed by atoms with van der Waals surface area (Å²) in [5.74, 6) is -0.433. The van der Waals surface area contributed by atoms with Gasteiger partial charge >= 0.3 is 0 Å². The molecular weight excluding hydrogens is 444 g/mol. The summed E-state index contributed by atoms with van der Waals surface area (Å²) in [6.07, 6.45) is 3.24. The fourth-order valence-corrected chi connectivity index (χ4v) is 3.81. The summed E-state index contributed by atoms with van der Waals surface area (Å²) in [4.78, 5) is 25.8. The number of aromatic nitrogens is 5. The fraction of sp³-hybridized carbons (Fsp3) is 0.400. The lowest BCUT2D eigenvalue weighted by molar-refractivity contribution is -0.384. The maximum absolute atomic E-state index is 13.0. The van der Waals surface area contributed by atoms with Crippen LogP contribution in [-0.4, -0.2) is 59.3 Å². The molecule has 0 saturated carbocycles. The number of nitrogens with two attached hydrogens (primary N) is 1. The Labute approximate surface area is 193 Å². The molecule has 1 aromatic carbocycles. The van der Waals surface area contributed by atoms with Crippen molar-refractivity contribution in [3.63, 3.8) is 0 Å². The second kappa shape index (κ2) is 9.74. The molecule has 14 heteroatoms. The lowest BCUT2D eigenvalue weighted by Gasteiger charge is -2.33. The van der Waals surface area contributed by atoms with Crippen molar-refractivity contribution in [2.45, 2.75) is 45.7 Å². The highest BCUT2D eigenvalue weighted by Crippen LogP contribution is 2.23. The van der Waals surface area contributed by atoms with Crippen LogP contribution in [0.4, 0.5) is 11.5 Å². The highest BCUT2D eigenvalue weighted by Gasteiger charge is 2.28. The molecule has 1 amide bonds. The SMILES string of the molecule is C/C(=N\NC(=O)c1nnn(-c2nonc2N)c1CN1CCCC[C@H]1C)c1cccc([N+](=O)[O-])c1. The van der Waals surface area contributed by atoms with Crippen molar-refractivity contribution >= 4 is 23.1 Å². The van der Waals surface area contributed by atoms with Crippen LogP contribution >= 0.6 is 0 Å². The average Bonchev–Trinajstić information content (AvgIpc) is 3.44. The second-order valence-electron chi connectivity index (χ2n) is 8.03. The van der Waals surface area contributed by atoms with E-state index in [2.05, 4.69) is 43.0 Å². The minimum Gasteiger partial charge on any atom is -0.378 e. The first-order chi connectivity index (χ1) is 16.3. The maximum atomic E-state index is 13.0. The molecule has 2 aromatic heterocycles. The van der Waals surface area contributed by atoms with Crippen LogP contribution < -0.4 is 11.2 Å². The number of hydrogen-bond donors (Lipinski definition) is 2. The zero-order valence-electron chi connectivity index (χ0n) is 18.7. The van der Waals surface area contributed by atoms with E-state index in [-0.39, 0.29) is 23.0 Å². The van der Waals surface area contributed by atoms with Crippen LogP contribution in [0.1, 0.15) is 54.9 Å². The molecule has 3 aromatic rings. The topological polar surface area (TPSA) is 183 Å². The molecule has 4 rings (SSSR count). The number of non-ortho nitro benzene ring substituents is 1. The van der Waals surface area contributed by atoms with Gasteiger partial charge in [-0.3, -0.25) is 19.8 Å². The van der Waals surface area contributed by atoms with E-state index in [1.54, 1.807) is 19.1 Å². The van der Waals surface area contributed by atoms with E-state index in [1.165, 1.54) is 16.8 Å². The summed E-state index contributed by atoms with van der Waals surface area (Å²) < 4.78 is 6.04. The predicted octanol–water partition coefficient (Wildman–Crippen LogP) is 1.67. The number of anilines is 1. The molecule has 3 heterocycles. The van der Waals surface area contributed by atoms with E-state index in [4.69, 9.17) is 10.4 Å². The van der Waals surface area contributed by atoms with Crippen molar-refractivity contribution in [1.82, 2.24) is 35.6 Å². The van der Waals surface area contributed by atoms with E-state index in [1.807, 2.05) is 0 Å². The molecule has 0 bridgehead atoms. The monoisotopic (exact) mass is 468 g/mol. The Morgan fingerprint density at radius 3 is 2.91 bits per heavy atom. The summed E-state index contributed by atoms with van der Waals surface area (Å²) in [6, 6.07) is 6.29. The van der Waals surface area contributed by atoms with Crippen LogP contribution in [0, 0.1) is 10.1 Å². The van der Waals surface area contributed by atoms with Gasteiger partial charge in [0, 0.05) is 30.3 Å². The van der Waals surface area contributed by atoms with E-state index >= 15 is 0 Å². The van der Waals surface area contributed by atoms with E-state index in [9.17, 15) is 14.9 Å². The van der Waals surface area contributed by atoms with Gasteiger partial charge in [0.15, 0.2) is 5.69 Å². The standard InChI is InChI=1S/C20H24N10O4/c1-12-6-3-4-9-28(12)11-16-17(23-27-29(16)19-18(21)25-34-26-19)20(31)24-22-13(2)14-7-5-8-15(10-14)30(32)33/h5,7-8,10,12H,3-4,6,9,11H2,1-2H3,(H2,21,25)(H,24,31)/b22-13+/t12-/m1/s1. The van der Waals surface area contributed by atoms with Crippen molar-refractivity contribution in [3.05, 3.63) is 51.3 Å². The van der Waals surface area contributed by atoms with Crippen LogP contribution in [0.5, 0.6) is 0 Å². The van der Waals surface area contributed by atoms with Crippen LogP contribution in [0.3, 0.4) is 0 Å². The molecule has 1 fully saturated rings. The number of hydrazone groups is 1. The third-order valence-electron chi connectivity index (χ3n) is 5.77. The number of nitro groups is 1. The largest absolute Gasteiger partial charge is 0.378 e. The predicted molar refractivity (Wildman–Crippen MR) is 120 cm³/mol. The number of nitrogens with one attached hydrogen (secondary N) is 1. The van der Waals surface area contributed by atoms with Gasteiger partial charge in [0.2, 0.25) is 11.6 Å². The number of likely N-dealkylation sites (tertiary alicyclic amines) is 1. The molecule has 14 nitrogen and oxygen atoms in total. The van der Waals surface area contributed by atoms with Gasteiger partial charge in [-0.1, -0.05) is 23.8 Å². The van der Waals surface area contributed by atoms with Gasteiger partial charge < -0.3 is 5.73 Å². The zero-order valence-corrected chi connectivity index (χ0v) is 18.7. The van der Waals surface area contributed by atoms with Crippen molar-refractivity contribution in [2.24, 2.45) is 5.10 Å². The maximum Gasteiger partial charge on any atom is 0.293 e. The van der Waals surface area contributed by atoms with Crippen LogP contribution in [0.2, 0.25) is 0 Å². The van der Waals surface area contributed by atoms with Gasteiger partial charge in [0.25, 0.3) is 11.6 Å². The number of hydrogen-bond acceptors (Lipinski definition) is 11. The molecule has 1 atom stereocenters. The van der Waals surface area contributed by atoms with Crippen molar-refractivity contribution in [1.29, 1.82) is 0 Å². The van der Waals surface area contributed by atoms with Gasteiger partial charge in [-0.15, -0.1) is 5.10 Å². The van der Waals surface area contributed by atoms with Gasteiger partial charge in [-0.2, -0.15) is 9.78 Å². The van der Waals surface area contributed by atoms with Gasteiger partial charge in [-0.05, 0) is 43.5 Å². The van der Waals surface area contributed by atoms with Gasteiger partial charge in [0.1, 0.15) is 0 Å². The average molecular weight is 468 g/mol. The highest BCUT2D eigenvalue weighted by atomic mass is 16.6. The number of nitrogens with zero attached hydrogens (tertiary/aromatic N) is 8. The van der Waals surface area contributed by atoms with E-state index in [0.29, 0.717) is 29.6 Å². The minimum atomic E-state index is -0.592. The van der Waals surface area contributed by atoms with Gasteiger partial charge in [0.05, 0.1) is 16.3 Å². The molecular formula is C20H24N10O4. The first-order valence-electron chi connectivity index (χ1n) is 10.7. The normalized spacial score (nSPS) is 17.0. The molecule has 0 spiro atoms. The van der Waals surface area contributed by atoms with Crippen LogP contribution in [0.25, 0.3) is 5.82 Å². The second-order valence-corrected chi connectivity index (χ2v) is 8.03. The number of carbonyl (C=O) groups is 1. The molecule has 1 aliphatic rings. The Morgan fingerprint density at radius 2 is 2.21 bits per heavy atom. The number of amides is 1. The lowest BCUT2D eigenvalue weighted by atomic mass is 10.0. The third kappa shape index (κ3) is 4.76. The smallest absolute Gasteiger partial charge is 0.293 e. The summed E-state index contributed by atoms with van der Waals surface area (Å²) in [5, 5.41) is 30.6. The van der Waals surface area contributed by atoms with Crippen molar-refractivity contribution < 1.29 is 14.3 Å². The summed E-state index contributed by atoms with van der Waals surface area (Å²) in [5.41, 5.74) is 9.65. The summed E-state index contributed by atoms with van der Waals surface area (Å²) in [6.45, 7) is 5.01. The molecule has 34 heavy (non-hydrogen) atoms. The number of piperidine rings is 1. The number of rotatable bonds is 7. The Morgan fingerprint density at radius 1 is 1.38 bits per heavy atom. The van der Waals surface area contributed by atoms with E-state index < -0.39 is 10.8 Å². The molecule has 0 aliphatic carbocycles. The Kier molecular flexibility index (Phi) is 6.58. The third-order valence-corrected chi connectivity index (χ3v) is 5.77. The minimum absolute atomic E-state index is 0.0179. The highest BCUT2D eigenvalue weighted by molar-refractivity contribution is 6.01. The number of nitrogen functional groups attached to an aromatic ring is 1. The Hall–Kier alpha value is -4.20. The number of benzene rings is 1. The lowest BCUT2D eigenvalue weighted by Crippen LogP contribution is -2.38. The Bertz CT molecular complexity index is 1230. The van der Waals surface area contributed by atoms with Crippen molar-refractivity contribution in [3.8, 4) is 5.82 Å². The quantitative estimate of drug-likeness (QED) is 0.294. The van der Waals surface area contributed by atoms with Crippen LogP contribution in [-0.2, 0) is 6.54 Å². The Balaban J connectivity index is 1.61. The molecule has 1 saturated heterocycles. The molecule has 178 valence electrons. The fourth-order valence-electron chi connectivity index (χ4n) is 3.81. The van der Waals surface area contributed by atoms with Gasteiger partial charge in [-0.25, -0.2) is 10.1 Å². The molecule has 0 radical (unpaired) electrons. The summed E-state index contributed by atoms with van der Waals surface area (Å²) in [7, 11) is 0. The molecule has 1 aliphatic heterocycles. The van der Waals surface area contributed by atoms with Crippen LogP contribution in [0.15, 0.2) is 34.0 Å². The molecule has 0 unspecified atom stereocenters. The number of carbonyl (C=O) groups excluding carboxylic acids is 1. The summed E-state index contributed by atoms with van der Waals surface area (Å²) >= 11 is 0.